The molecule has 4 nitrogen and oxygen atoms in total. The lowest BCUT2D eigenvalue weighted by Gasteiger charge is -2.09. The third-order valence-corrected chi connectivity index (χ3v) is 6.10. The first-order chi connectivity index (χ1) is 12.2. The first-order valence-electron chi connectivity index (χ1n) is 8.24. The molecule has 25 heavy (non-hydrogen) atoms. The van der Waals surface area contributed by atoms with Gasteiger partial charge in [0.15, 0.2) is 0 Å². The number of aryl methyl sites for hydroxylation is 1. The summed E-state index contributed by atoms with van der Waals surface area (Å²) in [5.74, 6) is 2.39. The monoisotopic (exact) mass is 372 g/mol. The predicted octanol–water partition coefficient (Wildman–Crippen LogP) is 4.90. The summed E-state index contributed by atoms with van der Waals surface area (Å²) in [6, 6.07) is 9.87. The molecule has 0 fully saturated rings. The molecule has 1 atom stereocenters. The lowest BCUT2D eigenvalue weighted by Crippen LogP contribution is -2.11. The van der Waals surface area contributed by atoms with Crippen LogP contribution in [0.5, 0.6) is 0 Å². The van der Waals surface area contributed by atoms with Crippen LogP contribution >= 0.6 is 23.1 Å². The van der Waals surface area contributed by atoms with E-state index in [4.69, 9.17) is 4.42 Å². The Balaban J connectivity index is 1.55. The minimum atomic E-state index is -0.110. The zero-order valence-corrected chi connectivity index (χ0v) is 15.9. The van der Waals surface area contributed by atoms with Crippen molar-refractivity contribution in [1.82, 2.24) is 9.97 Å². The number of aromatic nitrogens is 2. The maximum Gasteiger partial charge on any atom is 0.204 e. The number of Topliss-reactive ketones (excluding diaryl/α,β-unsaturated/α-hetero) is 1. The number of thiazole rings is 1. The fraction of sp³-hybridized carbons (Fsp3) is 0.316. The maximum absolute atomic E-state index is 12.5. The Morgan fingerprint density at radius 3 is 2.76 bits per heavy atom. The number of benzene rings is 1. The molecular weight excluding hydrogens is 352 g/mol. The summed E-state index contributed by atoms with van der Waals surface area (Å²) < 4.78 is 6.68. The van der Waals surface area contributed by atoms with E-state index in [9.17, 15) is 4.79 Å². The molecule has 2 aromatic heterocycles. The molecule has 3 rings (SSSR count). The lowest BCUT2D eigenvalue weighted by molar-refractivity contribution is -0.119. The van der Waals surface area contributed by atoms with Gasteiger partial charge in [-0.2, -0.15) is 0 Å². The molecule has 0 bridgehead atoms. The zero-order valence-electron chi connectivity index (χ0n) is 14.3. The van der Waals surface area contributed by atoms with Gasteiger partial charge in [0.2, 0.25) is 5.89 Å². The molecule has 2 heterocycles. The SMILES string of the molecule is CCc1cnc(CSc2cnc(CC(=O)[C@@H](C)c3ccccc3)s2)o1. The molecule has 0 saturated carbocycles. The minimum absolute atomic E-state index is 0.110. The fourth-order valence-corrected chi connectivity index (χ4v) is 4.27. The number of rotatable bonds is 8. The number of oxazole rings is 1. The van der Waals surface area contributed by atoms with Crippen molar-refractivity contribution in [3.05, 3.63) is 64.9 Å². The van der Waals surface area contributed by atoms with E-state index in [1.807, 2.05) is 50.4 Å². The van der Waals surface area contributed by atoms with Gasteiger partial charge in [-0.1, -0.05) is 44.2 Å². The van der Waals surface area contributed by atoms with Crippen LogP contribution < -0.4 is 0 Å². The molecule has 0 saturated heterocycles. The van der Waals surface area contributed by atoms with Gasteiger partial charge in [0, 0.05) is 12.3 Å². The number of carbonyl (C=O) groups excluding carboxylic acids is 1. The van der Waals surface area contributed by atoms with Crippen molar-refractivity contribution in [3.8, 4) is 0 Å². The largest absolute Gasteiger partial charge is 0.445 e. The van der Waals surface area contributed by atoms with E-state index in [-0.39, 0.29) is 11.7 Å². The highest BCUT2D eigenvalue weighted by Gasteiger charge is 2.17. The second-order valence-electron chi connectivity index (χ2n) is 5.71. The van der Waals surface area contributed by atoms with E-state index in [1.165, 1.54) is 0 Å². The van der Waals surface area contributed by atoms with Crippen molar-refractivity contribution < 1.29 is 9.21 Å². The van der Waals surface area contributed by atoms with Gasteiger partial charge in [-0.15, -0.1) is 23.1 Å². The Bertz CT molecular complexity index is 827. The van der Waals surface area contributed by atoms with E-state index < -0.39 is 0 Å². The van der Waals surface area contributed by atoms with Crippen molar-refractivity contribution in [3.63, 3.8) is 0 Å². The molecule has 0 amide bonds. The standard InChI is InChI=1S/C19H20N2O2S2/c1-3-15-10-20-17(23-15)12-24-19-11-21-18(25-19)9-16(22)13(2)14-7-5-4-6-8-14/h4-8,10-11,13H,3,9,12H2,1-2H3/t13-/m0/s1. The van der Waals surface area contributed by atoms with E-state index in [2.05, 4.69) is 9.97 Å². The molecule has 3 aromatic rings. The molecule has 0 aliphatic heterocycles. The molecule has 0 radical (unpaired) electrons. The quantitative estimate of drug-likeness (QED) is 0.526. The first-order valence-corrected chi connectivity index (χ1v) is 10.0. The summed E-state index contributed by atoms with van der Waals surface area (Å²) in [5, 5.41) is 0.858. The van der Waals surface area contributed by atoms with Gasteiger partial charge < -0.3 is 4.42 Å². The summed E-state index contributed by atoms with van der Waals surface area (Å²) in [7, 11) is 0. The van der Waals surface area contributed by atoms with E-state index in [1.54, 1.807) is 29.3 Å². The maximum atomic E-state index is 12.5. The van der Waals surface area contributed by atoms with Crippen LogP contribution in [0.25, 0.3) is 0 Å². The third-order valence-electron chi connectivity index (χ3n) is 3.93. The third kappa shape index (κ3) is 4.80. The fourth-order valence-electron chi connectivity index (χ4n) is 2.38. The summed E-state index contributed by atoms with van der Waals surface area (Å²) in [6.07, 6.45) is 4.83. The van der Waals surface area contributed by atoms with Crippen molar-refractivity contribution in [2.45, 2.75) is 42.6 Å². The van der Waals surface area contributed by atoms with E-state index in [0.717, 1.165) is 32.9 Å². The normalized spacial score (nSPS) is 12.2. The van der Waals surface area contributed by atoms with Gasteiger partial charge in [0.25, 0.3) is 0 Å². The number of hydrogen-bond acceptors (Lipinski definition) is 6. The van der Waals surface area contributed by atoms with Gasteiger partial charge in [0.05, 0.1) is 28.8 Å². The first kappa shape index (κ1) is 17.9. The molecule has 0 aliphatic carbocycles. The average Bonchev–Trinajstić information content (AvgIpc) is 3.29. The van der Waals surface area contributed by atoms with Crippen LogP contribution in [0.1, 0.15) is 42.0 Å². The molecule has 0 aliphatic rings. The zero-order chi connectivity index (χ0) is 17.6. The minimum Gasteiger partial charge on any atom is -0.445 e. The van der Waals surface area contributed by atoms with Crippen molar-refractivity contribution in [1.29, 1.82) is 0 Å². The summed E-state index contributed by atoms with van der Waals surface area (Å²) >= 11 is 3.21. The molecule has 0 spiro atoms. The smallest absolute Gasteiger partial charge is 0.204 e. The lowest BCUT2D eigenvalue weighted by atomic mass is 9.95. The topological polar surface area (TPSA) is 56.0 Å². The summed E-state index contributed by atoms with van der Waals surface area (Å²) in [4.78, 5) is 21.1. The number of ketones is 1. The molecule has 1 aromatic carbocycles. The van der Waals surface area contributed by atoms with E-state index in [0.29, 0.717) is 12.2 Å². The summed E-state index contributed by atoms with van der Waals surface area (Å²) in [6.45, 7) is 4.00. The van der Waals surface area contributed by atoms with Crippen molar-refractivity contribution in [2.24, 2.45) is 0 Å². The highest BCUT2D eigenvalue weighted by Crippen LogP contribution is 2.29. The molecule has 0 unspecified atom stereocenters. The van der Waals surface area contributed by atoms with Gasteiger partial charge >= 0.3 is 0 Å². The van der Waals surface area contributed by atoms with Crippen molar-refractivity contribution >= 4 is 28.9 Å². The van der Waals surface area contributed by atoms with Crippen LogP contribution in [0, 0.1) is 0 Å². The number of thioether (sulfide) groups is 1. The van der Waals surface area contributed by atoms with Gasteiger partial charge in [-0.05, 0) is 5.56 Å². The number of hydrogen-bond donors (Lipinski definition) is 0. The van der Waals surface area contributed by atoms with Crippen LogP contribution in [0.2, 0.25) is 0 Å². The molecular formula is C19H20N2O2S2. The number of carbonyl (C=O) groups is 1. The Kier molecular flexibility index (Phi) is 6.04. The molecule has 6 heteroatoms. The van der Waals surface area contributed by atoms with Gasteiger partial charge in [-0.3, -0.25) is 4.79 Å². The number of nitrogens with zero attached hydrogens (tertiary/aromatic N) is 2. The Hall–Kier alpha value is -1.92. The second kappa shape index (κ2) is 8.45. The van der Waals surface area contributed by atoms with Crippen LogP contribution in [0.3, 0.4) is 0 Å². The highest BCUT2D eigenvalue weighted by atomic mass is 32.2. The Morgan fingerprint density at radius 1 is 1.24 bits per heavy atom. The Morgan fingerprint density at radius 2 is 2.04 bits per heavy atom. The van der Waals surface area contributed by atoms with Crippen LogP contribution in [0.4, 0.5) is 0 Å². The van der Waals surface area contributed by atoms with Crippen LogP contribution in [-0.2, 0) is 23.4 Å². The summed E-state index contributed by atoms with van der Waals surface area (Å²) in [5.41, 5.74) is 1.05. The average molecular weight is 373 g/mol. The van der Waals surface area contributed by atoms with Gasteiger partial charge in [-0.25, -0.2) is 9.97 Å². The molecule has 0 N–H and O–H groups in total. The predicted molar refractivity (Wildman–Crippen MR) is 101 cm³/mol. The van der Waals surface area contributed by atoms with Crippen molar-refractivity contribution in [2.75, 3.05) is 0 Å². The van der Waals surface area contributed by atoms with Gasteiger partial charge in [0.1, 0.15) is 16.6 Å². The second-order valence-corrected chi connectivity index (χ2v) is 8.10. The highest BCUT2D eigenvalue weighted by molar-refractivity contribution is 8.00. The Labute approximate surface area is 155 Å². The molecule has 130 valence electrons. The van der Waals surface area contributed by atoms with E-state index >= 15 is 0 Å². The van der Waals surface area contributed by atoms with Crippen LogP contribution in [0.15, 0.2) is 51.4 Å². The van der Waals surface area contributed by atoms with Crippen LogP contribution in [-0.4, -0.2) is 15.8 Å².